The van der Waals surface area contributed by atoms with Crippen molar-refractivity contribution >= 4 is 35.7 Å². The van der Waals surface area contributed by atoms with Gasteiger partial charge in [0, 0.05) is 46.4 Å². The molecule has 2 heterocycles. The van der Waals surface area contributed by atoms with E-state index in [-0.39, 0.29) is 5.91 Å². The lowest BCUT2D eigenvalue weighted by molar-refractivity contribution is 0.102. The first kappa shape index (κ1) is 22.4. The van der Waals surface area contributed by atoms with Gasteiger partial charge in [0.05, 0.1) is 5.69 Å². The normalized spacial score (nSPS) is 11.1. The van der Waals surface area contributed by atoms with Crippen LogP contribution in [0.2, 0.25) is 0 Å². The predicted molar refractivity (Wildman–Crippen MR) is 133 cm³/mol. The molecule has 0 aliphatic rings. The number of anilines is 3. The van der Waals surface area contributed by atoms with Crippen molar-refractivity contribution in [1.29, 1.82) is 0 Å². The van der Waals surface area contributed by atoms with E-state index in [1.165, 1.54) is 0 Å². The highest BCUT2D eigenvalue weighted by molar-refractivity contribution is 7.70. The van der Waals surface area contributed by atoms with Crippen LogP contribution in [-0.2, 0) is 4.57 Å². The molecule has 7 nitrogen and oxygen atoms in total. The summed E-state index contributed by atoms with van der Waals surface area (Å²) in [6.45, 7) is 5.39. The third-order valence-corrected chi connectivity index (χ3v) is 6.65. The summed E-state index contributed by atoms with van der Waals surface area (Å²) in [6.07, 6.45) is 5.14. The number of aromatic nitrogens is 3. The summed E-state index contributed by atoms with van der Waals surface area (Å²) in [5.74, 6) is 0.183. The van der Waals surface area contributed by atoms with Gasteiger partial charge in [0.2, 0.25) is 5.95 Å². The molecule has 0 bridgehead atoms. The number of hydrogen-bond donors (Lipinski definition) is 2. The number of amides is 1. The molecule has 8 heteroatoms. The van der Waals surface area contributed by atoms with E-state index in [0.717, 1.165) is 27.8 Å². The molecule has 2 aromatic heterocycles. The van der Waals surface area contributed by atoms with Gasteiger partial charge in [-0.1, -0.05) is 6.07 Å². The number of rotatable bonds is 6. The van der Waals surface area contributed by atoms with Crippen LogP contribution < -0.4 is 15.9 Å². The quantitative estimate of drug-likeness (QED) is 0.392. The van der Waals surface area contributed by atoms with Crippen molar-refractivity contribution in [3.05, 3.63) is 90.4 Å². The average molecular weight is 457 g/mol. The van der Waals surface area contributed by atoms with Crippen LogP contribution in [0, 0.1) is 6.92 Å². The number of benzene rings is 2. The van der Waals surface area contributed by atoms with Gasteiger partial charge in [0.15, 0.2) is 0 Å². The van der Waals surface area contributed by atoms with Gasteiger partial charge in [-0.15, -0.1) is 0 Å². The lowest BCUT2D eigenvalue weighted by Gasteiger charge is -2.12. The van der Waals surface area contributed by atoms with Gasteiger partial charge < -0.3 is 15.2 Å². The van der Waals surface area contributed by atoms with Crippen LogP contribution in [0.5, 0.6) is 0 Å². The Morgan fingerprint density at radius 3 is 2.45 bits per heavy atom. The van der Waals surface area contributed by atoms with Gasteiger partial charge in [-0.05, 0) is 80.4 Å². The topological polar surface area (TPSA) is 96.9 Å². The van der Waals surface area contributed by atoms with Crippen molar-refractivity contribution in [3.63, 3.8) is 0 Å². The molecule has 0 saturated heterocycles. The fourth-order valence-electron chi connectivity index (χ4n) is 3.22. The van der Waals surface area contributed by atoms with Gasteiger partial charge in [-0.2, -0.15) is 0 Å². The number of hydrogen-bond acceptors (Lipinski definition) is 6. The lowest BCUT2D eigenvalue weighted by atomic mass is 10.1. The van der Waals surface area contributed by atoms with Crippen molar-refractivity contribution in [3.8, 4) is 11.3 Å². The summed E-state index contributed by atoms with van der Waals surface area (Å²) < 4.78 is 12.2. The number of aryl methyl sites for hydroxylation is 1. The average Bonchev–Trinajstić information content (AvgIpc) is 2.81. The maximum absolute atomic E-state index is 12.8. The summed E-state index contributed by atoms with van der Waals surface area (Å²) in [5, 5.41) is 6.87. The number of carbonyl (C=O) groups excluding carboxylic acids is 1. The lowest BCUT2D eigenvalue weighted by Crippen LogP contribution is -2.13. The van der Waals surface area contributed by atoms with E-state index in [0.29, 0.717) is 17.2 Å². The number of nitrogens with zero attached hydrogens (tertiary/aromatic N) is 3. The first-order valence-corrected chi connectivity index (χ1v) is 13.0. The highest BCUT2D eigenvalue weighted by Gasteiger charge is 2.13. The summed E-state index contributed by atoms with van der Waals surface area (Å²) in [4.78, 5) is 25.8. The Kier molecular flexibility index (Phi) is 6.33. The third-order valence-electron chi connectivity index (χ3n) is 5.11. The molecule has 0 atom stereocenters. The second kappa shape index (κ2) is 9.35. The molecule has 0 saturated carbocycles. The molecule has 0 unspecified atom stereocenters. The fourth-order valence-corrected chi connectivity index (χ4v) is 4.09. The molecule has 1 amide bonds. The molecular weight excluding hydrogens is 433 g/mol. The van der Waals surface area contributed by atoms with Crippen molar-refractivity contribution in [2.24, 2.45) is 0 Å². The van der Waals surface area contributed by atoms with E-state index in [2.05, 4.69) is 25.6 Å². The van der Waals surface area contributed by atoms with Crippen molar-refractivity contribution in [1.82, 2.24) is 15.0 Å². The minimum Gasteiger partial charge on any atom is -0.324 e. The van der Waals surface area contributed by atoms with E-state index < -0.39 is 7.14 Å². The Labute approximate surface area is 192 Å². The molecule has 0 spiro atoms. The summed E-state index contributed by atoms with van der Waals surface area (Å²) in [7, 11) is -2.34. The molecule has 4 rings (SSSR count). The van der Waals surface area contributed by atoms with Crippen LogP contribution in [0.25, 0.3) is 11.3 Å². The zero-order chi connectivity index (χ0) is 23.4. The Morgan fingerprint density at radius 1 is 0.970 bits per heavy atom. The summed E-state index contributed by atoms with van der Waals surface area (Å²) >= 11 is 0. The van der Waals surface area contributed by atoms with Crippen LogP contribution >= 0.6 is 7.14 Å². The number of pyridine rings is 1. The SMILES string of the molecule is Cc1ccc(C(=O)Nc2ccc(P(C)(C)=O)cc2)cc1Nc1nccc(-c2cccnc2)n1. The van der Waals surface area contributed by atoms with Crippen LogP contribution in [0.4, 0.5) is 17.3 Å². The maximum Gasteiger partial charge on any atom is 0.255 e. The molecule has 0 aliphatic heterocycles. The van der Waals surface area contributed by atoms with Crippen molar-refractivity contribution in [2.45, 2.75) is 6.92 Å². The van der Waals surface area contributed by atoms with E-state index in [1.807, 2.05) is 31.2 Å². The third kappa shape index (κ3) is 5.51. The smallest absolute Gasteiger partial charge is 0.255 e. The summed E-state index contributed by atoms with van der Waals surface area (Å²) in [6, 6.07) is 18.1. The van der Waals surface area contributed by atoms with Gasteiger partial charge >= 0.3 is 0 Å². The van der Waals surface area contributed by atoms with Gasteiger partial charge in [0.25, 0.3) is 5.91 Å². The van der Waals surface area contributed by atoms with Gasteiger partial charge in [0.1, 0.15) is 7.14 Å². The van der Waals surface area contributed by atoms with Crippen molar-refractivity contribution in [2.75, 3.05) is 24.0 Å². The zero-order valence-electron chi connectivity index (χ0n) is 18.6. The van der Waals surface area contributed by atoms with E-state index >= 15 is 0 Å². The minimum absolute atomic E-state index is 0.244. The molecule has 4 aromatic rings. The zero-order valence-corrected chi connectivity index (χ0v) is 19.5. The predicted octanol–water partition coefficient (Wildman–Crippen LogP) is 5.09. The molecule has 0 fully saturated rings. The standard InChI is InChI=1S/C25H24N5O2P/c1-17-6-7-18(24(31)28-20-8-10-21(11-9-20)33(2,3)32)15-23(17)30-25-27-14-12-22(29-25)19-5-4-13-26-16-19/h4-16H,1-3H3,(H,28,31)(H,27,29,30). The monoisotopic (exact) mass is 457 g/mol. The second-order valence-corrected chi connectivity index (χ2v) is 11.2. The second-order valence-electron chi connectivity index (χ2n) is 8.01. The van der Waals surface area contributed by atoms with E-state index in [4.69, 9.17) is 0 Å². The van der Waals surface area contributed by atoms with Crippen LogP contribution in [0.3, 0.4) is 0 Å². The maximum atomic E-state index is 12.8. The largest absolute Gasteiger partial charge is 0.324 e. The Hall–Kier alpha value is -3.83. The molecule has 2 N–H and O–H groups in total. The Morgan fingerprint density at radius 2 is 1.76 bits per heavy atom. The number of carbonyl (C=O) groups is 1. The van der Waals surface area contributed by atoms with Crippen LogP contribution in [0.15, 0.2) is 79.3 Å². The highest BCUT2D eigenvalue weighted by atomic mass is 31.2. The molecule has 33 heavy (non-hydrogen) atoms. The van der Waals surface area contributed by atoms with Crippen LogP contribution in [0.1, 0.15) is 15.9 Å². The first-order valence-electron chi connectivity index (χ1n) is 10.4. The number of nitrogens with one attached hydrogen (secondary N) is 2. The van der Waals surface area contributed by atoms with Gasteiger partial charge in [-0.3, -0.25) is 9.78 Å². The molecule has 0 radical (unpaired) electrons. The fraction of sp³-hybridized carbons (Fsp3) is 0.120. The van der Waals surface area contributed by atoms with E-state index in [1.54, 1.807) is 68.3 Å². The minimum atomic E-state index is -2.34. The molecule has 166 valence electrons. The van der Waals surface area contributed by atoms with E-state index in [9.17, 15) is 9.36 Å². The molecule has 2 aromatic carbocycles. The first-order chi connectivity index (χ1) is 15.8. The van der Waals surface area contributed by atoms with Crippen molar-refractivity contribution < 1.29 is 9.36 Å². The van der Waals surface area contributed by atoms with Crippen LogP contribution in [-0.4, -0.2) is 34.2 Å². The van der Waals surface area contributed by atoms with Gasteiger partial charge in [-0.25, -0.2) is 9.97 Å². The molecule has 0 aliphatic carbocycles. The summed E-state index contributed by atoms with van der Waals surface area (Å²) in [5.41, 5.74) is 4.46. The Bertz CT molecular complexity index is 1330. The molecular formula is C25H24N5O2P. The Balaban J connectivity index is 1.52. The highest BCUT2D eigenvalue weighted by Crippen LogP contribution is 2.34.